The highest BCUT2D eigenvalue weighted by Gasteiger charge is 2.21. The van der Waals surface area contributed by atoms with Crippen molar-refractivity contribution in [2.45, 2.75) is 50.2 Å². The minimum atomic E-state index is -3.51. The van der Waals surface area contributed by atoms with Crippen molar-refractivity contribution in [3.8, 4) is 0 Å². The van der Waals surface area contributed by atoms with Crippen LogP contribution < -0.4 is 10.0 Å². The first-order chi connectivity index (χ1) is 13.5. The highest BCUT2D eigenvalue weighted by molar-refractivity contribution is 14.0. The lowest BCUT2D eigenvalue weighted by Crippen LogP contribution is -2.45. The summed E-state index contributed by atoms with van der Waals surface area (Å²) in [6, 6.07) is 7.00. The standard InChI is InChI=1S/C20H32N4O3S.HI/c1-16-9-11-24(12-10-16)20(21-2)22-14-17-5-7-19(8-6-17)28(25,26)23-15-18-4-3-13-27-18;/h5-8,16,18,23H,3-4,9-15H2,1-2H3,(H,21,22);1H. The molecule has 29 heavy (non-hydrogen) atoms. The molecular weight excluding hydrogens is 503 g/mol. The van der Waals surface area contributed by atoms with Gasteiger partial charge in [-0.05, 0) is 49.3 Å². The van der Waals surface area contributed by atoms with Crippen LogP contribution in [0.5, 0.6) is 0 Å². The molecule has 7 nitrogen and oxygen atoms in total. The average Bonchev–Trinajstić information content (AvgIpc) is 3.22. The van der Waals surface area contributed by atoms with Gasteiger partial charge in [0.1, 0.15) is 0 Å². The first kappa shape index (κ1) is 24.4. The largest absolute Gasteiger partial charge is 0.377 e. The van der Waals surface area contributed by atoms with Crippen LogP contribution in [0.3, 0.4) is 0 Å². The number of ether oxygens (including phenoxy) is 1. The lowest BCUT2D eigenvalue weighted by atomic mass is 10.00. The van der Waals surface area contributed by atoms with E-state index in [1.54, 1.807) is 19.2 Å². The summed E-state index contributed by atoms with van der Waals surface area (Å²) in [5, 5.41) is 3.39. The molecule has 1 unspecified atom stereocenters. The fourth-order valence-electron chi connectivity index (χ4n) is 3.61. The van der Waals surface area contributed by atoms with Crippen LogP contribution in [0.1, 0.15) is 38.2 Å². The van der Waals surface area contributed by atoms with Crippen LogP contribution in [-0.2, 0) is 21.3 Å². The minimum absolute atomic E-state index is 0. The molecule has 9 heteroatoms. The first-order valence-corrected chi connectivity index (χ1v) is 11.6. The maximum Gasteiger partial charge on any atom is 0.240 e. The zero-order valence-electron chi connectivity index (χ0n) is 17.3. The Balaban J connectivity index is 0.00000300. The van der Waals surface area contributed by atoms with Crippen molar-refractivity contribution in [2.24, 2.45) is 10.9 Å². The van der Waals surface area contributed by atoms with Crippen molar-refractivity contribution in [3.63, 3.8) is 0 Å². The van der Waals surface area contributed by atoms with Gasteiger partial charge in [0.15, 0.2) is 5.96 Å². The van der Waals surface area contributed by atoms with Gasteiger partial charge in [-0.15, -0.1) is 24.0 Å². The number of guanidine groups is 1. The summed E-state index contributed by atoms with van der Waals surface area (Å²) in [6.45, 7) is 5.99. The Hall–Kier alpha value is -0.910. The van der Waals surface area contributed by atoms with Crippen LogP contribution in [-0.4, -0.2) is 58.7 Å². The molecule has 0 spiro atoms. The van der Waals surface area contributed by atoms with Gasteiger partial charge in [0.25, 0.3) is 0 Å². The molecule has 0 aliphatic carbocycles. The number of hydrogen-bond donors (Lipinski definition) is 2. The van der Waals surface area contributed by atoms with Gasteiger partial charge in [0.2, 0.25) is 10.0 Å². The van der Waals surface area contributed by atoms with Crippen molar-refractivity contribution in [1.82, 2.24) is 14.9 Å². The van der Waals surface area contributed by atoms with E-state index in [9.17, 15) is 8.42 Å². The van der Waals surface area contributed by atoms with E-state index in [2.05, 4.69) is 26.9 Å². The number of benzene rings is 1. The van der Waals surface area contributed by atoms with Gasteiger partial charge in [-0.1, -0.05) is 19.1 Å². The third kappa shape index (κ3) is 7.08. The van der Waals surface area contributed by atoms with E-state index in [1.807, 2.05) is 12.1 Å². The molecule has 0 saturated carbocycles. The van der Waals surface area contributed by atoms with E-state index in [0.717, 1.165) is 43.4 Å². The monoisotopic (exact) mass is 536 g/mol. The van der Waals surface area contributed by atoms with Crippen LogP contribution in [0.4, 0.5) is 0 Å². The molecule has 1 aromatic carbocycles. The Morgan fingerprint density at radius 3 is 2.48 bits per heavy atom. The first-order valence-electron chi connectivity index (χ1n) is 10.1. The molecular formula is C20H33IN4O3S. The smallest absolute Gasteiger partial charge is 0.240 e. The van der Waals surface area contributed by atoms with Crippen LogP contribution in [0, 0.1) is 5.92 Å². The fraction of sp³-hybridized carbons (Fsp3) is 0.650. The van der Waals surface area contributed by atoms with E-state index in [1.165, 1.54) is 12.8 Å². The van der Waals surface area contributed by atoms with Crippen molar-refractivity contribution >= 4 is 40.0 Å². The molecule has 2 aliphatic heterocycles. The molecule has 2 aliphatic rings. The Morgan fingerprint density at radius 2 is 1.90 bits per heavy atom. The summed E-state index contributed by atoms with van der Waals surface area (Å²) < 4.78 is 33.0. The molecule has 1 aromatic rings. The molecule has 2 saturated heterocycles. The van der Waals surface area contributed by atoms with Crippen molar-refractivity contribution in [1.29, 1.82) is 0 Å². The van der Waals surface area contributed by atoms with Crippen molar-refractivity contribution in [2.75, 3.05) is 33.3 Å². The summed E-state index contributed by atoms with van der Waals surface area (Å²) in [6.07, 6.45) is 4.26. The van der Waals surface area contributed by atoms with Crippen molar-refractivity contribution < 1.29 is 13.2 Å². The number of hydrogen-bond acceptors (Lipinski definition) is 4. The number of aliphatic imine (C=N–C) groups is 1. The summed E-state index contributed by atoms with van der Waals surface area (Å²) in [4.78, 5) is 6.95. The van der Waals surface area contributed by atoms with E-state index in [4.69, 9.17) is 4.74 Å². The molecule has 2 heterocycles. The quantitative estimate of drug-likeness (QED) is 0.332. The van der Waals surface area contributed by atoms with E-state index >= 15 is 0 Å². The van der Waals surface area contributed by atoms with Gasteiger partial charge < -0.3 is 15.0 Å². The van der Waals surface area contributed by atoms with Crippen LogP contribution in [0.2, 0.25) is 0 Å². The van der Waals surface area contributed by atoms with Crippen molar-refractivity contribution in [3.05, 3.63) is 29.8 Å². The topological polar surface area (TPSA) is 83.0 Å². The predicted octanol–water partition coefficient (Wildman–Crippen LogP) is 2.57. The number of rotatable bonds is 6. The minimum Gasteiger partial charge on any atom is -0.377 e. The zero-order valence-corrected chi connectivity index (χ0v) is 20.4. The normalized spacial score (nSPS) is 21.1. The maximum absolute atomic E-state index is 12.4. The van der Waals surface area contributed by atoms with Gasteiger partial charge in [-0.2, -0.15) is 0 Å². The highest BCUT2D eigenvalue weighted by atomic mass is 127. The Kier molecular flexibility index (Phi) is 9.64. The fourth-order valence-corrected chi connectivity index (χ4v) is 4.68. The molecule has 0 radical (unpaired) electrons. The van der Waals surface area contributed by atoms with E-state index < -0.39 is 10.0 Å². The Labute approximate surface area is 191 Å². The zero-order chi connectivity index (χ0) is 20.0. The average molecular weight is 536 g/mol. The molecule has 164 valence electrons. The van der Waals surface area contributed by atoms with Gasteiger partial charge in [-0.25, -0.2) is 13.1 Å². The second-order valence-corrected chi connectivity index (χ2v) is 9.47. The summed E-state index contributed by atoms with van der Waals surface area (Å²) in [5.41, 5.74) is 1.02. The molecule has 0 aromatic heterocycles. The molecule has 3 rings (SSSR count). The third-order valence-corrected chi connectivity index (χ3v) is 6.94. The van der Waals surface area contributed by atoms with Gasteiger partial charge in [0, 0.05) is 39.8 Å². The van der Waals surface area contributed by atoms with Gasteiger partial charge >= 0.3 is 0 Å². The lowest BCUT2D eigenvalue weighted by molar-refractivity contribution is 0.114. The molecule has 1 atom stereocenters. The second-order valence-electron chi connectivity index (χ2n) is 7.70. The van der Waals surface area contributed by atoms with E-state index in [-0.39, 0.29) is 35.0 Å². The number of likely N-dealkylation sites (tertiary alicyclic amines) is 1. The second kappa shape index (κ2) is 11.5. The molecule has 2 N–H and O–H groups in total. The number of halogens is 1. The van der Waals surface area contributed by atoms with Gasteiger partial charge in [-0.3, -0.25) is 4.99 Å². The maximum atomic E-state index is 12.4. The Morgan fingerprint density at radius 1 is 1.21 bits per heavy atom. The Bertz CT molecular complexity index is 756. The number of sulfonamides is 1. The molecule has 0 bridgehead atoms. The summed E-state index contributed by atoms with van der Waals surface area (Å²) in [5.74, 6) is 1.68. The summed E-state index contributed by atoms with van der Waals surface area (Å²) in [7, 11) is -1.70. The number of nitrogens with one attached hydrogen (secondary N) is 2. The molecule has 0 amide bonds. The van der Waals surface area contributed by atoms with Crippen LogP contribution >= 0.6 is 24.0 Å². The SMILES string of the molecule is CN=C(NCc1ccc(S(=O)(=O)NCC2CCCO2)cc1)N1CCC(C)CC1.I. The summed E-state index contributed by atoms with van der Waals surface area (Å²) >= 11 is 0. The van der Waals surface area contributed by atoms with Crippen LogP contribution in [0.15, 0.2) is 34.2 Å². The lowest BCUT2D eigenvalue weighted by Gasteiger charge is -2.32. The number of nitrogens with zero attached hydrogens (tertiary/aromatic N) is 2. The van der Waals surface area contributed by atoms with E-state index in [0.29, 0.717) is 19.7 Å². The third-order valence-electron chi connectivity index (χ3n) is 5.50. The molecule has 2 fully saturated rings. The highest BCUT2D eigenvalue weighted by Crippen LogP contribution is 2.17. The number of piperidine rings is 1. The van der Waals surface area contributed by atoms with Gasteiger partial charge in [0.05, 0.1) is 11.0 Å². The van der Waals surface area contributed by atoms with Crippen LogP contribution in [0.25, 0.3) is 0 Å². The predicted molar refractivity (Wildman–Crippen MR) is 126 cm³/mol.